The number of carbonyl (C=O) groups is 2. The third-order valence-electron chi connectivity index (χ3n) is 3.81. The van der Waals surface area contributed by atoms with Gasteiger partial charge in [-0.05, 0) is 18.8 Å². The molecule has 4 nitrogen and oxygen atoms in total. The minimum absolute atomic E-state index is 0.200. The predicted octanol–water partition coefficient (Wildman–Crippen LogP) is 1.79. The number of rotatable bonds is 5. The van der Waals surface area contributed by atoms with Crippen LogP contribution in [0.4, 0.5) is 8.78 Å². The maximum atomic E-state index is 12.7. The first-order valence-corrected chi connectivity index (χ1v) is 6.70. The van der Waals surface area contributed by atoms with Gasteiger partial charge >= 0.3 is 0 Å². The number of carbonyl (C=O) groups excluding carboxylic acids is 2. The van der Waals surface area contributed by atoms with Crippen LogP contribution < -0.4 is 5.32 Å². The maximum absolute atomic E-state index is 12.7. The van der Waals surface area contributed by atoms with Crippen LogP contribution in [0.5, 0.6) is 0 Å². The van der Waals surface area contributed by atoms with E-state index in [1.165, 1.54) is 0 Å². The molecule has 1 aliphatic rings. The Morgan fingerprint density at radius 2 is 1.79 bits per heavy atom. The van der Waals surface area contributed by atoms with E-state index in [-0.39, 0.29) is 11.8 Å². The Hall–Kier alpha value is -1.20. The van der Waals surface area contributed by atoms with Gasteiger partial charge in [-0.1, -0.05) is 27.7 Å². The topological polar surface area (TPSA) is 49.4 Å². The Labute approximate surface area is 112 Å². The first-order chi connectivity index (χ1) is 8.79. The summed E-state index contributed by atoms with van der Waals surface area (Å²) in [5.74, 6) is -0.926. The Kier molecular flexibility index (Phi) is 4.87. The quantitative estimate of drug-likeness (QED) is 0.832. The molecule has 1 atom stereocenters. The highest BCUT2D eigenvalue weighted by atomic mass is 19.3. The Morgan fingerprint density at radius 3 is 2.16 bits per heavy atom. The zero-order valence-corrected chi connectivity index (χ0v) is 11.9. The first-order valence-electron chi connectivity index (χ1n) is 6.70. The Bertz CT molecular complexity index is 355. The molecule has 0 aromatic carbocycles. The molecule has 1 saturated heterocycles. The van der Waals surface area contributed by atoms with Crippen LogP contribution in [0.1, 0.15) is 40.5 Å². The molecule has 0 saturated carbocycles. The molecule has 1 unspecified atom stereocenters. The van der Waals surface area contributed by atoms with Gasteiger partial charge in [-0.25, -0.2) is 8.78 Å². The second-order valence-corrected chi connectivity index (χ2v) is 5.32. The summed E-state index contributed by atoms with van der Waals surface area (Å²) < 4.78 is 25.4. The summed E-state index contributed by atoms with van der Waals surface area (Å²) in [6.07, 6.45) is -1.83. The highest BCUT2D eigenvalue weighted by Crippen LogP contribution is 2.28. The van der Waals surface area contributed by atoms with Gasteiger partial charge in [-0.3, -0.25) is 9.59 Å². The van der Waals surface area contributed by atoms with E-state index in [9.17, 15) is 18.4 Å². The Balaban J connectivity index is 3.15. The summed E-state index contributed by atoms with van der Waals surface area (Å²) in [6, 6.07) is -0.812. The van der Waals surface area contributed by atoms with Crippen LogP contribution in [0, 0.1) is 5.92 Å². The molecule has 0 bridgehead atoms. The SMILES string of the molecule is CCC1(CC)NC(=O)C(C(C)C)N(CC(F)F)C1=O. The number of nitrogens with one attached hydrogen (secondary N) is 1. The van der Waals surface area contributed by atoms with Crippen molar-refractivity contribution in [2.24, 2.45) is 5.92 Å². The van der Waals surface area contributed by atoms with Gasteiger partial charge in [0.2, 0.25) is 11.8 Å². The lowest BCUT2D eigenvalue weighted by Crippen LogP contribution is -2.71. The van der Waals surface area contributed by atoms with Gasteiger partial charge in [-0.2, -0.15) is 0 Å². The fourth-order valence-corrected chi connectivity index (χ4v) is 2.64. The second-order valence-electron chi connectivity index (χ2n) is 5.32. The molecular formula is C13H22F2N2O2. The van der Waals surface area contributed by atoms with Crippen molar-refractivity contribution in [1.82, 2.24) is 10.2 Å². The van der Waals surface area contributed by atoms with Gasteiger partial charge in [-0.15, -0.1) is 0 Å². The molecule has 1 rings (SSSR count). The van der Waals surface area contributed by atoms with Gasteiger partial charge in [0.05, 0.1) is 6.54 Å². The molecule has 19 heavy (non-hydrogen) atoms. The van der Waals surface area contributed by atoms with Crippen molar-refractivity contribution >= 4 is 11.8 Å². The third kappa shape index (κ3) is 2.87. The van der Waals surface area contributed by atoms with E-state index < -0.39 is 30.5 Å². The first kappa shape index (κ1) is 15.9. The van der Waals surface area contributed by atoms with Crippen molar-refractivity contribution in [3.63, 3.8) is 0 Å². The number of piperazine rings is 1. The molecule has 1 fully saturated rings. The van der Waals surface area contributed by atoms with Crippen molar-refractivity contribution in [3.8, 4) is 0 Å². The fourth-order valence-electron chi connectivity index (χ4n) is 2.64. The van der Waals surface area contributed by atoms with E-state index >= 15 is 0 Å². The van der Waals surface area contributed by atoms with Crippen LogP contribution in [-0.4, -0.2) is 41.3 Å². The lowest BCUT2D eigenvalue weighted by molar-refractivity contribution is -0.159. The molecule has 0 spiro atoms. The normalized spacial score (nSPS) is 23.2. The van der Waals surface area contributed by atoms with Crippen LogP contribution >= 0.6 is 0 Å². The summed E-state index contributed by atoms with van der Waals surface area (Å²) in [4.78, 5) is 25.7. The number of hydrogen-bond acceptors (Lipinski definition) is 2. The third-order valence-corrected chi connectivity index (χ3v) is 3.81. The van der Waals surface area contributed by atoms with Crippen molar-refractivity contribution in [2.75, 3.05) is 6.54 Å². The van der Waals surface area contributed by atoms with Crippen LogP contribution in [0.25, 0.3) is 0 Å². The van der Waals surface area contributed by atoms with Crippen molar-refractivity contribution in [1.29, 1.82) is 0 Å². The van der Waals surface area contributed by atoms with Crippen molar-refractivity contribution in [2.45, 2.75) is 58.5 Å². The second kappa shape index (κ2) is 5.84. The maximum Gasteiger partial charge on any atom is 0.255 e. The van der Waals surface area contributed by atoms with Crippen molar-refractivity contribution < 1.29 is 18.4 Å². The molecule has 0 radical (unpaired) electrons. The van der Waals surface area contributed by atoms with Gasteiger partial charge in [0, 0.05) is 0 Å². The molecule has 6 heteroatoms. The summed E-state index contributed by atoms with van der Waals surface area (Å²) in [5, 5.41) is 2.74. The molecule has 110 valence electrons. The van der Waals surface area contributed by atoms with E-state index in [1.54, 1.807) is 27.7 Å². The summed E-state index contributed by atoms with van der Waals surface area (Å²) in [6.45, 7) is 6.37. The lowest BCUT2D eigenvalue weighted by Gasteiger charge is -2.46. The van der Waals surface area contributed by atoms with E-state index in [2.05, 4.69) is 5.32 Å². The van der Waals surface area contributed by atoms with Crippen LogP contribution in [-0.2, 0) is 9.59 Å². The molecule has 0 aromatic rings. The minimum Gasteiger partial charge on any atom is -0.340 e. The molecule has 1 aliphatic heterocycles. The number of amides is 2. The van der Waals surface area contributed by atoms with Crippen molar-refractivity contribution in [3.05, 3.63) is 0 Å². The summed E-state index contributed by atoms with van der Waals surface area (Å²) in [5.41, 5.74) is -1.03. The zero-order chi connectivity index (χ0) is 14.8. The van der Waals surface area contributed by atoms with E-state index in [4.69, 9.17) is 0 Å². The van der Waals surface area contributed by atoms with Crippen LogP contribution in [0.15, 0.2) is 0 Å². The largest absolute Gasteiger partial charge is 0.340 e. The van der Waals surface area contributed by atoms with Crippen LogP contribution in [0.3, 0.4) is 0 Å². The Morgan fingerprint density at radius 1 is 1.26 bits per heavy atom. The van der Waals surface area contributed by atoms with Gasteiger partial charge in [0.15, 0.2) is 0 Å². The van der Waals surface area contributed by atoms with Gasteiger partial charge in [0.1, 0.15) is 11.6 Å². The van der Waals surface area contributed by atoms with Gasteiger partial charge in [0.25, 0.3) is 6.43 Å². The molecule has 2 amide bonds. The molecular weight excluding hydrogens is 254 g/mol. The highest BCUT2D eigenvalue weighted by molar-refractivity contribution is 5.99. The summed E-state index contributed by atoms with van der Waals surface area (Å²) in [7, 11) is 0. The number of halogens is 2. The van der Waals surface area contributed by atoms with E-state index in [0.717, 1.165) is 4.90 Å². The predicted molar refractivity (Wildman–Crippen MR) is 67.8 cm³/mol. The fraction of sp³-hybridized carbons (Fsp3) is 0.846. The lowest BCUT2D eigenvalue weighted by atomic mass is 9.85. The smallest absolute Gasteiger partial charge is 0.255 e. The molecule has 0 aromatic heterocycles. The van der Waals surface area contributed by atoms with Gasteiger partial charge < -0.3 is 10.2 Å². The summed E-state index contributed by atoms with van der Waals surface area (Å²) >= 11 is 0. The number of nitrogens with zero attached hydrogens (tertiary/aromatic N) is 1. The highest BCUT2D eigenvalue weighted by Gasteiger charge is 2.50. The van der Waals surface area contributed by atoms with E-state index in [1.807, 2.05) is 0 Å². The van der Waals surface area contributed by atoms with Crippen LogP contribution in [0.2, 0.25) is 0 Å². The molecule has 1 heterocycles. The standard InChI is InChI=1S/C13H22F2N2O2/c1-5-13(6-2)12(19)17(7-9(14)15)10(8(3)4)11(18)16-13/h8-10H,5-7H2,1-4H3,(H,16,18). The number of alkyl halides is 2. The average molecular weight is 276 g/mol. The zero-order valence-electron chi connectivity index (χ0n) is 11.9. The average Bonchev–Trinajstić information content (AvgIpc) is 2.32. The minimum atomic E-state index is -2.64. The molecule has 0 aliphatic carbocycles. The molecule has 1 N–H and O–H groups in total. The van der Waals surface area contributed by atoms with E-state index in [0.29, 0.717) is 12.8 Å². The number of hydrogen-bond donors (Lipinski definition) is 1. The monoisotopic (exact) mass is 276 g/mol.